The smallest absolute Gasteiger partial charge is 0.0582 e. The Balaban J connectivity index is 1.07. The van der Waals surface area contributed by atoms with Crippen LogP contribution < -0.4 is 0 Å². The van der Waals surface area contributed by atoms with Crippen molar-refractivity contribution in [3.8, 4) is 44.8 Å². The lowest BCUT2D eigenvalue weighted by Gasteiger charge is -2.13. The van der Waals surface area contributed by atoms with Gasteiger partial charge in [0.05, 0.1) is 22.1 Å². The standard InChI is InChI=1S/C53H34N2/c1-2-11-34(12-3-1)37-16-10-17-41(29-37)55-52-28-23-39(32-48(52)46-26-25-44-43-18-7-6-15-40(43)33-49(44)53(46)55)38-22-27-51-47(31-38)45-19-8-9-20-50(45)54(51)42-24-21-35-13-4-5-14-36(35)30-42/h1-32H,33H2. The van der Waals surface area contributed by atoms with Gasteiger partial charge in [-0.15, -0.1) is 0 Å². The summed E-state index contributed by atoms with van der Waals surface area (Å²) in [4.78, 5) is 0. The van der Waals surface area contributed by atoms with Gasteiger partial charge in [0.15, 0.2) is 0 Å². The minimum atomic E-state index is 0.933. The number of fused-ring (bicyclic) bond motifs is 11. The molecule has 0 saturated carbocycles. The highest BCUT2D eigenvalue weighted by atomic mass is 15.0. The summed E-state index contributed by atoms with van der Waals surface area (Å²) >= 11 is 0. The van der Waals surface area contributed by atoms with Crippen LogP contribution in [-0.4, -0.2) is 9.13 Å². The molecule has 0 spiro atoms. The van der Waals surface area contributed by atoms with Crippen LogP contribution in [0.5, 0.6) is 0 Å². The summed E-state index contributed by atoms with van der Waals surface area (Å²) < 4.78 is 4.94. The lowest BCUT2D eigenvalue weighted by molar-refractivity contribution is 1.15. The molecule has 0 bridgehead atoms. The summed E-state index contributed by atoms with van der Waals surface area (Å²) in [6.45, 7) is 0. The molecule has 12 rings (SSSR count). The first-order valence-corrected chi connectivity index (χ1v) is 19.1. The molecule has 1 aliphatic carbocycles. The van der Waals surface area contributed by atoms with Crippen LogP contribution >= 0.6 is 0 Å². The van der Waals surface area contributed by atoms with Gasteiger partial charge >= 0.3 is 0 Å². The van der Waals surface area contributed by atoms with Gasteiger partial charge in [-0.2, -0.15) is 0 Å². The predicted molar refractivity (Wildman–Crippen MR) is 232 cm³/mol. The van der Waals surface area contributed by atoms with Gasteiger partial charge in [-0.25, -0.2) is 0 Å². The quantitative estimate of drug-likeness (QED) is 0.173. The first-order valence-electron chi connectivity index (χ1n) is 19.1. The molecule has 55 heavy (non-hydrogen) atoms. The molecule has 0 unspecified atom stereocenters. The highest BCUT2D eigenvalue weighted by Crippen LogP contribution is 2.45. The van der Waals surface area contributed by atoms with E-state index in [1.165, 1.54) is 110 Å². The average molecular weight is 699 g/mol. The van der Waals surface area contributed by atoms with Gasteiger partial charge in [-0.3, -0.25) is 0 Å². The molecule has 2 heterocycles. The third-order valence-corrected chi connectivity index (χ3v) is 11.9. The molecule has 0 N–H and O–H groups in total. The van der Waals surface area contributed by atoms with Crippen molar-refractivity contribution in [2.45, 2.75) is 6.42 Å². The maximum Gasteiger partial charge on any atom is 0.0582 e. The molecule has 0 saturated heterocycles. The fraction of sp³-hybridized carbons (Fsp3) is 0.0189. The molecule has 11 aromatic rings. The number of benzene rings is 9. The monoisotopic (exact) mass is 698 g/mol. The van der Waals surface area contributed by atoms with E-state index in [4.69, 9.17) is 0 Å². The Morgan fingerprint density at radius 2 is 0.982 bits per heavy atom. The SMILES string of the molecule is c1ccc(-c2cccc(-n3c4ccc(-c5ccc6c(c5)c5ccccc5n6-c5ccc6ccccc6c5)cc4c4ccc5c(c43)Cc3ccccc3-5)c2)cc1. The second kappa shape index (κ2) is 11.7. The zero-order chi connectivity index (χ0) is 36.0. The van der Waals surface area contributed by atoms with Gasteiger partial charge in [0.1, 0.15) is 0 Å². The molecule has 0 aliphatic heterocycles. The van der Waals surface area contributed by atoms with Crippen LogP contribution in [0, 0.1) is 0 Å². The van der Waals surface area contributed by atoms with Crippen LogP contribution in [0.15, 0.2) is 194 Å². The Morgan fingerprint density at radius 3 is 1.85 bits per heavy atom. The number of hydrogen-bond acceptors (Lipinski definition) is 0. The fourth-order valence-electron chi connectivity index (χ4n) is 9.38. The molecule has 1 aliphatic rings. The summed E-state index contributed by atoms with van der Waals surface area (Å²) in [5, 5.41) is 7.59. The molecule has 256 valence electrons. The number of nitrogens with zero attached hydrogens (tertiary/aromatic N) is 2. The first-order chi connectivity index (χ1) is 27.3. The largest absolute Gasteiger partial charge is 0.309 e. The van der Waals surface area contributed by atoms with Crippen molar-refractivity contribution in [2.75, 3.05) is 0 Å². The van der Waals surface area contributed by atoms with Gasteiger partial charge in [0.2, 0.25) is 0 Å². The van der Waals surface area contributed by atoms with E-state index in [9.17, 15) is 0 Å². The Morgan fingerprint density at radius 1 is 0.327 bits per heavy atom. The molecular weight excluding hydrogens is 665 g/mol. The van der Waals surface area contributed by atoms with Crippen LogP contribution in [0.4, 0.5) is 0 Å². The van der Waals surface area contributed by atoms with Crippen LogP contribution in [0.3, 0.4) is 0 Å². The van der Waals surface area contributed by atoms with Gasteiger partial charge in [-0.05, 0) is 110 Å². The molecule has 9 aromatic carbocycles. The van der Waals surface area contributed by atoms with Crippen molar-refractivity contribution < 1.29 is 0 Å². The summed E-state index contributed by atoms with van der Waals surface area (Å²) in [6.07, 6.45) is 0.933. The number of aromatic nitrogens is 2. The minimum Gasteiger partial charge on any atom is -0.309 e. The van der Waals surface area contributed by atoms with Crippen LogP contribution in [0.1, 0.15) is 11.1 Å². The zero-order valence-corrected chi connectivity index (χ0v) is 30.1. The highest BCUT2D eigenvalue weighted by Gasteiger charge is 2.25. The van der Waals surface area contributed by atoms with E-state index < -0.39 is 0 Å². The van der Waals surface area contributed by atoms with Gasteiger partial charge in [0.25, 0.3) is 0 Å². The summed E-state index contributed by atoms with van der Waals surface area (Å²) in [7, 11) is 0. The van der Waals surface area contributed by atoms with E-state index in [-0.39, 0.29) is 0 Å². The van der Waals surface area contributed by atoms with E-state index in [0.717, 1.165) is 6.42 Å². The van der Waals surface area contributed by atoms with Gasteiger partial charge < -0.3 is 9.13 Å². The van der Waals surface area contributed by atoms with Crippen LogP contribution in [0.2, 0.25) is 0 Å². The lowest BCUT2D eigenvalue weighted by atomic mass is 9.99. The topological polar surface area (TPSA) is 9.86 Å². The Labute approximate surface area is 318 Å². The molecule has 0 radical (unpaired) electrons. The summed E-state index contributed by atoms with van der Waals surface area (Å²) in [5.74, 6) is 0. The Bertz CT molecular complexity index is 3340. The van der Waals surface area contributed by atoms with Gasteiger partial charge in [-0.1, -0.05) is 140 Å². The van der Waals surface area contributed by atoms with E-state index in [1.54, 1.807) is 0 Å². The van der Waals surface area contributed by atoms with Crippen molar-refractivity contribution in [1.29, 1.82) is 0 Å². The molecule has 2 aromatic heterocycles. The lowest BCUT2D eigenvalue weighted by Crippen LogP contribution is -1.97. The van der Waals surface area contributed by atoms with Gasteiger partial charge in [0, 0.05) is 39.3 Å². The van der Waals surface area contributed by atoms with E-state index >= 15 is 0 Å². The Hall–Kier alpha value is -7.16. The molecule has 2 nitrogen and oxygen atoms in total. The molecule has 0 atom stereocenters. The fourth-order valence-corrected chi connectivity index (χ4v) is 9.38. The molecule has 0 fully saturated rings. The van der Waals surface area contributed by atoms with Crippen LogP contribution in [0.25, 0.3) is 99.1 Å². The van der Waals surface area contributed by atoms with E-state index in [2.05, 4.69) is 203 Å². The van der Waals surface area contributed by atoms with Crippen molar-refractivity contribution >= 4 is 54.4 Å². The van der Waals surface area contributed by atoms with Crippen molar-refractivity contribution in [3.63, 3.8) is 0 Å². The van der Waals surface area contributed by atoms with E-state index in [0.29, 0.717) is 0 Å². The van der Waals surface area contributed by atoms with Crippen LogP contribution in [-0.2, 0) is 6.42 Å². The zero-order valence-electron chi connectivity index (χ0n) is 30.1. The van der Waals surface area contributed by atoms with Crippen molar-refractivity contribution in [3.05, 3.63) is 205 Å². The van der Waals surface area contributed by atoms with E-state index in [1.807, 2.05) is 0 Å². The Kier molecular flexibility index (Phi) is 6.43. The minimum absolute atomic E-state index is 0.933. The maximum absolute atomic E-state index is 2.52. The van der Waals surface area contributed by atoms with Crippen molar-refractivity contribution in [1.82, 2.24) is 9.13 Å². The number of hydrogen-bond donors (Lipinski definition) is 0. The molecule has 2 heteroatoms. The number of rotatable bonds is 4. The third kappa shape index (κ3) is 4.55. The molecular formula is C53H34N2. The second-order valence-corrected chi connectivity index (χ2v) is 14.9. The summed E-state index contributed by atoms with van der Waals surface area (Å²) in [6, 6.07) is 71.7. The summed E-state index contributed by atoms with van der Waals surface area (Å²) in [5.41, 5.74) is 17.7. The van der Waals surface area contributed by atoms with Crippen molar-refractivity contribution in [2.24, 2.45) is 0 Å². The third-order valence-electron chi connectivity index (χ3n) is 11.9. The second-order valence-electron chi connectivity index (χ2n) is 14.9. The first kappa shape index (κ1) is 30.3. The predicted octanol–water partition coefficient (Wildman–Crippen LogP) is 13.9. The maximum atomic E-state index is 2.52. The molecule has 0 amide bonds. The average Bonchev–Trinajstić information content (AvgIpc) is 3.91. The number of para-hydroxylation sites is 1. The highest BCUT2D eigenvalue weighted by molar-refractivity contribution is 6.14. The normalized spacial score (nSPS) is 12.3.